The molecule has 21 heavy (non-hydrogen) atoms. The van der Waals surface area contributed by atoms with Crippen molar-refractivity contribution in [1.82, 2.24) is 4.90 Å². The first-order valence-electron chi connectivity index (χ1n) is 6.42. The summed E-state index contributed by atoms with van der Waals surface area (Å²) in [4.78, 5) is 35.8. The van der Waals surface area contributed by atoms with Crippen molar-refractivity contribution >= 4 is 23.3 Å². The number of hydrogen-bond donors (Lipinski definition) is 3. The molecule has 0 aromatic heterocycles. The van der Waals surface area contributed by atoms with Crippen LogP contribution in [-0.2, 0) is 9.59 Å². The van der Waals surface area contributed by atoms with Gasteiger partial charge in [-0.1, -0.05) is 0 Å². The second kappa shape index (κ2) is 8.13. The molecular weight excluding hydrogens is 276 g/mol. The number of carbonyl (C=O) groups is 3. The number of Topliss-reactive ketones (excluding diaryl/α,β-unsaturated/α-hetero) is 1. The van der Waals surface area contributed by atoms with Gasteiger partial charge in [-0.05, 0) is 31.2 Å². The molecule has 7 nitrogen and oxygen atoms in total. The summed E-state index contributed by atoms with van der Waals surface area (Å²) >= 11 is 0. The van der Waals surface area contributed by atoms with Gasteiger partial charge in [-0.3, -0.25) is 14.4 Å². The number of anilines is 1. The van der Waals surface area contributed by atoms with Crippen molar-refractivity contribution in [1.29, 1.82) is 0 Å². The van der Waals surface area contributed by atoms with Gasteiger partial charge in [0.05, 0.1) is 13.2 Å². The standard InChI is InChI=1S/C14H18N2O5/c1-10(19)11-2-4-12(5-3-11)15-13(20)14(21)16(6-8-17)7-9-18/h2-5,17-18H,6-9H2,1H3,(H,15,20). The summed E-state index contributed by atoms with van der Waals surface area (Å²) in [6, 6.07) is 6.12. The van der Waals surface area contributed by atoms with E-state index in [-0.39, 0.29) is 32.1 Å². The fraction of sp³-hybridized carbons (Fsp3) is 0.357. The number of aliphatic hydroxyl groups excluding tert-OH is 2. The third-order valence-electron chi connectivity index (χ3n) is 2.77. The van der Waals surface area contributed by atoms with Gasteiger partial charge in [-0.25, -0.2) is 0 Å². The Hall–Kier alpha value is -2.25. The zero-order valence-electron chi connectivity index (χ0n) is 11.7. The first-order valence-corrected chi connectivity index (χ1v) is 6.42. The van der Waals surface area contributed by atoms with Gasteiger partial charge in [0.2, 0.25) is 0 Å². The molecule has 0 atom stereocenters. The maximum Gasteiger partial charge on any atom is 0.313 e. The third-order valence-corrected chi connectivity index (χ3v) is 2.77. The predicted octanol–water partition coefficient (Wildman–Crippen LogP) is -0.359. The molecule has 0 unspecified atom stereocenters. The summed E-state index contributed by atoms with van der Waals surface area (Å²) in [5.41, 5.74) is 0.882. The first-order chi connectivity index (χ1) is 9.99. The van der Waals surface area contributed by atoms with Crippen molar-refractivity contribution < 1.29 is 24.6 Å². The van der Waals surface area contributed by atoms with Crippen LogP contribution in [0, 0.1) is 0 Å². The lowest BCUT2D eigenvalue weighted by Crippen LogP contribution is -2.42. The van der Waals surface area contributed by atoms with Gasteiger partial charge < -0.3 is 20.4 Å². The van der Waals surface area contributed by atoms with E-state index in [2.05, 4.69) is 5.32 Å². The first kappa shape index (κ1) is 16.8. The van der Waals surface area contributed by atoms with Gasteiger partial charge >= 0.3 is 11.8 Å². The normalized spacial score (nSPS) is 10.0. The number of nitrogens with zero attached hydrogens (tertiary/aromatic N) is 1. The van der Waals surface area contributed by atoms with E-state index in [9.17, 15) is 14.4 Å². The van der Waals surface area contributed by atoms with Crippen LogP contribution in [0.15, 0.2) is 24.3 Å². The van der Waals surface area contributed by atoms with Crippen LogP contribution in [0.4, 0.5) is 5.69 Å². The topological polar surface area (TPSA) is 107 Å². The fourth-order valence-electron chi connectivity index (χ4n) is 1.67. The van der Waals surface area contributed by atoms with E-state index < -0.39 is 11.8 Å². The molecule has 0 aliphatic heterocycles. The lowest BCUT2D eigenvalue weighted by atomic mass is 10.1. The Bertz CT molecular complexity index is 507. The number of amides is 2. The van der Waals surface area contributed by atoms with E-state index in [1.165, 1.54) is 19.1 Å². The molecule has 1 aromatic carbocycles. The summed E-state index contributed by atoms with van der Waals surface area (Å²) < 4.78 is 0. The molecule has 1 aromatic rings. The Kier molecular flexibility index (Phi) is 6.51. The van der Waals surface area contributed by atoms with Crippen LogP contribution in [0.3, 0.4) is 0 Å². The van der Waals surface area contributed by atoms with Crippen molar-refractivity contribution in [2.75, 3.05) is 31.6 Å². The summed E-state index contributed by atoms with van der Waals surface area (Å²) in [5, 5.41) is 20.1. The van der Waals surface area contributed by atoms with Crippen molar-refractivity contribution in [3.05, 3.63) is 29.8 Å². The Morgan fingerprint density at radius 3 is 2.00 bits per heavy atom. The van der Waals surface area contributed by atoms with E-state index >= 15 is 0 Å². The quantitative estimate of drug-likeness (QED) is 0.490. The summed E-state index contributed by atoms with van der Waals surface area (Å²) in [5.74, 6) is -1.80. The van der Waals surface area contributed by atoms with Crippen molar-refractivity contribution in [2.45, 2.75) is 6.92 Å². The highest BCUT2D eigenvalue weighted by molar-refractivity contribution is 6.39. The zero-order chi connectivity index (χ0) is 15.8. The average molecular weight is 294 g/mol. The molecule has 0 aliphatic carbocycles. The maximum absolute atomic E-state index is 11.8. The van der Waals surface area contributed by atoms with E-state index in [1.807, 2.05) is 0 Å². The van der Waals surface area contributed by atoms with Gasteiger partial charge in [0.15, 0.2) is 5.78 Å². The van der Waals surface area contributed by atoms with Crippen LogP contribution >= 0.6 is 0 Å². The van der Waals surface area contributed by atoms with Gasteiger partial charge in [0.25, 0.3) is 0 Å². The Morgan fingerprint density at radius 1 is 1.05 bits per heavy atom. The van der Waals surface area contributed by atoms with Gasteiger partial charge in [0.1, 0.15) is 0 Å². The highest BCUT2D eigenvalue weighted by Crippen LogP contribution is 2.10. The molecule has 0 spiro atoms. The minimum atomic E-state index is -0.868. The summed E-state index contributed by atoms with van der Waals surface area (Å²) in [6.45, 7) is 0.767. The van der Waals surface area contributed by atoms with Crippen LogP contribution in [0.25, 0.3) is 0 Å². The van der Waals surface area contributed by atoms with E-state index in [0.29, 0.717) is 11.3 Å². The smallest absolute Gasteiger partial charge is 0.313 e. The molecule has 3 N–H and O–H groups in total. The third kappa shape index (κ3) is 4.97. The van der Waals surface area contributed by atoms with Crippen LogP contribution < -0.4 is 5.32 Å². The predicted molar refractivity (Wildman–Crippen MR) is 75.8 cm³/mol. The number of benzene rings is 1. The van der Waals surface area contributed by atoms with Crippen molar-refractivity contribution in [2.24, 2.45) is 0 Å². The van der Waals surface area contributed by atoms with E-state index in [4.69, 9.17) is 10.2 Å². The largest absolute Gasteiger partial charge is 0.395 e. The van der Waals surface area contributed by atoms with E-state index in [0.717, 1.165) is 4.90 Å². The number of rotatable bonds is 6. The molecule has 0 saturated heterocycles. The van der Waals surface area contributed by atoms with Crippen molar-refractivity contribution in [3.63, 3.8) is 0 Å². The second-order valence-electron chi connectivity index (χ2n) is 4.33. The van der Waals surface area contributed by atoms with Gasteiger partial charge in [-0.15, -0.1) is 0 Å². The van der Waals surface area contributed by atoms with Gasteiger partial charge in [0, 0.05) is 24.3 Å². The van der Waals surface area contributed by atoms with Crippen molar-refractivity contribution in [3.8, 4) is 0 Å². The number of ketones is 1. The monoisotopic (exact) mass is 294 g/mol. The number of aliphatic hydroxyl groups is 2. The second-order valence-corrected chi connectivity index (χ2v) is 4.33. The number of nitrogens with one attached hydrogen (secondary N) is 1. The fourth-order valence-corrected chi connectivity index (χ4v) is 1.67. The average Bonchev–Trinajstić information content (AvgIpc) is 2.46. The molecule has 114 valence electrons. The van der Waals surface area contributed by atoms with Gasteiger partial charge in [-0.2, -0.15) is 0 Å². The SMILES string of the molecule is CC(=O)c1ccc(NC(=O)C(=O)N(CCO)CCO)cc1. The Morgan fingerprint density at radius 2 is 1.57 bits per heavy atom. The van der Waals surface area contributed by atoms with Crippen LogP contribution in [0.1, 0.15) is 17.3 Å². The highest BCUT2D eigenvalue weighted by atomic mass is 16.3. The molecule has 0 bridgehead atoms. The highest BCUT2D eigenvalue weighted by Gasteiger charge is 2.21. The minimum absolute atomic E-state index is 0.0317. The maximum atomic E-state index is 11.8. The van der Waals surface area contributed by atoms with Crippen LogP contribution in [-0.4, -0.2) is 59.0 Å². The summed E-state index contributed by atoms with van der Waals surface area (Å²) in [7, 11) is 0. The van der Waals surface area contributed by atoms with E-state index in [1.54, 1.807) is 12.1 Å². The Labute approximate surface area is 122 Å². The van der Waals surface area contributed by atoms with Crippen LogP contribution in [0.5, 0.6) is 0 Å². The molecule has 0 aliphatic rings. The Balaban J connectivity index is 2.70. The molecule has 0 fully saturated rings. The zero-order valence-corrected chi connectivity index (χ0v) is 11.7. The molecule has 0 saturated carbocycles. The lowest BCUT2D eigenvalue weighted by Gasteiger charge is -2.19. The summed E-state index contributed by atoms with van der Waals surface area (Å²) in [6.07, 6.45) is 0. The molecule has 2 amide bonds. The van der Waals surface area contributed by atoms with Crippen LogP contribution in [0.2, 0.25) is 0 Å². The molecule has 1 rings (SSSR count). The molecule has 0 radical (unpaired) electrons. The minimum Gasteiger partial charge on any atom is -0.395 e. The lowest BCUT2D eigenvalue weighted by molar-refractivity contribution is -0.143. The number of carbonyl (C=O) groups excluding carboxylic acids is 3. The number of hydrogen-bond acceptors (Lipinski definition) is 5. The molecule has 7 heteroatoms. The molecule has 0 heterocycles. The molecular formula is C14H18N2O5.